The minimum Gasteiger partial charge on any atom is -0.465 e. The molecule has 0 aliphatic carbocycles. The SMILES string of the molecule is CCC1CCN(C(=O)C(C)NC(=O)O)C1C(N)=O. The Morgan fingerprint density at radius 3 is 2.56 bits per heavy atom. The number of hydrogen-bond acceptors (Lipinski definition) is 3. The summed E-state index contributed by atoms with van der Waals surface area (Å²) in [6.45, 7) is 3.83. The van der Waals surface area contributed by atoms with Crippen molar-refractivity contribution < 1.29 is 19.5 Å². The molecule has 0 spiro atoms. The van der Waals surface area contributed by atoms with Gasteiger partial charge in [-0.15, -0.1) is 0 Å². The highest BCUT2D eigenvalue weighted by atomic mass is 16.4. The van der Waals surface area contributed by atoms with Crippen LogP contribution >= 0.6 is 0 Å². The van der Waals surface area contributed by atoms with Gasteiger partial charge in [0.2, 0.25) is 11.8 Å². The minimum absolute atomic E-state index is 0.0588. The Hall–Kier alpha value is -1.79. The highest BCUT2D eigenvalue weighted by Crippen LogP contribution is 2.27. The normalized spacial score (nSPS) is 24.7. The predicted molar refractivity (Wildman–Crippen MR) is 63.7 cm³/mol. The molecule has 102 valence electrons. The lowest BCUT2D eigenvalue weighted by Gasteiger charge is -2.27. The van der Waals surface area contributed by atoms with Crippen LogP contribution in [0.4, 0.5) is 4.79 Å². The molecule has 1 heterocycles. The number of likely N-dealkylation sites (tertiary alicyclic amines) is 1. The van der Waals surface area contributed by atoms with E-state index in [0.29, 0.717) is 6.54 Å². The first-order chi connectivity index (χ1) is 8.38. The standard InChI is InChI=1S/C11H19N3O4/c1-3-7-4-5-14(8(7)9(12)15)10(16)6(2)13-11(17)18/h6-8,13H,3-5H2,1-2H3,(H2,12,15)(H,17,18). The van der Waals surface area contributed by atoms with E-state index in [1.165, 1.54) is 11.8 Å². The monoisotopic (exact) mass is 257 g/mol. The molecule has 1 fully saturated rings. The molecule has 1 rings (SSSR count). The molecule has 0 saturated carbocycles. The summed E-state index contributed by atoms with van der Waals surface area (Å²) in [7, 11) is 0. The number of carboxylic acid groups (broad SMARTS) is 1. The summed E-state index contributed by atoms with van der Waals surface area (Å²) < 4.78 is 0. The number of nitrogens with two attached hydrogens (primary N) is 1. The second-order valence-corrected chi connectivity index (χ2v) is 4.51. The predicted octanol–water partition coefficient (Wildman–Crippen LogP) is -0.245. The lowest BCUT2D eigenvalue weighted by Crippen LogP contribution is -2.52. The smallest absolute Gasteiger partial charge is 0.405 e. The molecular weight excluding hydrogens is 238 g/mol. The average molecular weight is 257 g/mol. The number of carbonyl (C=O) groups excluding carboxylic acids is 2. The molecule has 0 aromatic heterocycles. The van der Waals surface area contributed by atoms with Crippen LogP contribution in [0.1, 0.15) is 26.7 Å². The Labute approximate surface area is 105 Å². The molecule has 1 aliphatic rings. The first-order valence-electron chi connectivity index (χ1n) is 5.97. The van der Waals surface area contributed by atoms with E-state index >= 15 is 0 Å². The van der Waals surface area contributed by atoms with E-state index in [4.69, 9.17) is 10.8 Å². The van der Waals surface area contributed by atoms with Gasteiger partial charge >= 0.3 is 6.09 Å². The second-order valence-electron chi connectivity index (χ2n) is 4.51. The van der Waals surface area contributed by atoms with Crippen molar-refractivity contribution in [2.75, 3.05) is 6.54 Å². The van der Waals surface area contributed by atoms with Crippen LogP contribution in [0.3, 0.4) is 0 Å². The van der Waals surface area contributed by atoms with Gasteiger partial charge < -0.3 is 21.1 Å². The molecule has 18 heavy (non-hydrogen) atoms. The minimum atomic E-state index is -1.27. The van der Waals surface area contributed by atoms with Gasteiger partial charge in [-0.3, -0.25) is 9.59 Å². The fourth-order valence-corrected chi connectivity index (χ4v) is 2.41. The number of rotatable bonds is 4. The zero-order valence-corrected chi connectivity index (χ0v) is 10.5. The van der Waals surface area contributed by atoms with Crippen LogP contribution in [0.5, 0.6) is 0 Å². The van der Waals surface area contributed by atoms with Gasteiger partial charge in [-0.25, -0.2) is 4.79 Å². The molecule has 3 unspecified atom stereocenters. The maximum Gasteiger partial charge on any atom is 0.405 e. The third kappa shape index (κ3) is 2.91. The number of primary amides is 1. The van der Waals surface area contributed by atoms with Gasteiger partial charge in [0.15, 0.2) is 0 Å². The van der Waals surface area contributed by atoms with Crippen molar-refractivity contribution in [3.63, 3.8) is 0 Å². The van der Waals surface area contributed by atoms with Gasteiger partial charge in [-0.1, -0.05) is 13.3 Å². The zero-order valence-electron chi connectivity index (χ0n) is 10.5. The van der Waals surface area contributed by atoms with Gasteiger partial charge in [0.05, 0.1) is 0 Å². The second kappa shape index (κ2) is 5.70. The Morgan fingerprint density at radius 1 is 1.50 bits per heavy atom. The summed E-state index contributed by atoms with van der Waals surface area (Å²) >= 11 is 0. The van der Waals surface area contributed by atoms with Crippen LogP contribution in [-0.4, -0.2) is 46.5 Å². The fourth-order valence-electron chi connectivity index (χ4n) is 2.41. The summed E-state index contributed by atoms with van der Waals surface area (Å²) in [5, 5.41) is 10.7. The Kier molecular flexibility index (Phi) is 4.52. The van der Waals surface area contributed by atoms with Crippen molar-refractivity contribution in [2.45, 2.75) is 38.8 Å². The van der Waals surface area contributed by atoms with Gasteiger partial charge in [0.25, 0.3) is 0 Å². The molecule has 3 amide bonds. The number of nitrogens with one attached hydrogen (secondary N) is 1. The highest BCUT2D eigenvalue weighted by molar-refractivity contribution is 5.91. The molecular formula is C11H19N3O4. The first-order valence-corrected chi connectivity index (χ1v) is 5.97. The largest absolute Gasteiger partial charge is 0.465 e. The van der Waals surface area contributed by atoms with E-state index < -0.39 is 30.0 Å². The third-order valence-corrected chi connectivity index (χ3v) is 3.33. The molecule has 0 aromatic rings. The van der Waals surface area contributed by atoms with Crippen molar-refractivity contribution >= 4 is 17.9 Å². The van der Waals surface area contributed by atoms with Gasteiger partial charge in [0, 0.05) is 6.54 Å². The van der Waals surface area contributed by atoms with Gasteiger partial charge in [-0.05, 0) is 19.3 Å². The molecule has 1 aliphatic heterocycles. The lowest BCUT2D eigenvalue weighted by atomic mass is 9.97. The van der Waals surface area contributed by atoms with Crippen LogP contribution in [0.25, 0.3) is 0 Å². The van der Waals surface area contributed by atoms with E-state index in [-0.39, 0.29) is 5.92 Å². The van der Waals surface area contributed by atoms with Crippen LogP contribution in [0, 0.1) is 5.92 Å². The Bertz CT molecular complexity index is 358. The van der Waals surface area contributed by atoms with Crippen molar-refractivity contribution in [3.8, 4) is 0 Å². The average Bonchev–Trinajstić information content (AvgIpc) is 2.70. The molecule has 7 heteroatoms. The number of nitrogens with zero attached hydrogens (tertiary/aromatic N) is 1. The maximum absolute atomic E-state index is 12.0. The van der Waals surface area contributed by atoms with Gasteiger partial charge in [0.1, 0.15) is 12.1 Å². The Morgan fingerprint density at radius 2 is 2.11 bits per heavy atom. The molecule has 0 radical (unpaired) electrons. The van der Waals surface area contributed by atoms with Crippen molar-refractivity contribution in [1.29, 1.82) is 0 Å². The van der Waals surface area contributed by atoms with Crippen LogP contribution in [-0.2, 0) is 9.59 Å². The molecule has 3 atom stereocenters. The highest BCUT2D eigenvalue weighted by Gasteiger charge is 2.41. The van der Waals surface area contributed by atoms with Crippen LogP contribution in [0.2, 0.25) is 0 Å². The van der Waals surface area contributed by atoms with E-state index in [1.807, 2.05) is 6.92 Å². The topological polar surface area (TPSA) is 113 Å². The molecule has 1 saturated heterocycles. The summed E-state index contributed by atoms with van der Waals surface area (Å²) in [6.07, 6.45) is 0.214. The van der Waals surface area contributed by atoms with Crippen LogP contribution < -0.4 is 11.1 Å². The maximum atomic E-state index is 12.0. The number of hydrogen-bond donors (Lipinski definition) is 3. The summed E-state index contributed by atoms with van der Waals surface area (Å²) in [5.41, 5.74) is 5.32. The van der Waals surface area contributed by atoms with Crippen molar-refractivity contribution in [2.24, 2.45) is 11.7 Å². The third-order valence-electron chi connectivity index (χ3n) is 3.33. The summed E-state index contributed by atoms with van der Waals surface area (Å²) in [6, 6.07) is -1.50. The summed E-state index contributed by atoms with van der Waals surface area (Å²) in [5.74, 6) is -0.879. The molecule has 0 aromatic carbocycles. The van der Waals surface area contributed by atoms with Crippen molar-refractivity contribution in [1.82, 2.24) is 10.2 Å². The molecule has 4 N–H and O–H groups in total. The zero-order chi connectivity index (χ0) is 13.9. The molecule has 0 bridgehead atoms. The van der Waals surface area contributed by atoms with Crippen LogP contribution in [0.15, 0.2) is 0 Å². The van der Waals surface area contributed by atoms with Crippen molar-refractivity contribution in [3.05, 3.63) is 0 Å². The van der Waals surface area contributed by atoms with E-state index in [9.17, 15) is 14.4 Å². The lowest BCUT2D eigenvalue weighted by molar-refractivity contribution is -0.139. The van der Waals surface area contributed by atoms with Gasteiger partial charge in [-0.2, -0.15) is 0 Å². The van der Waals surface area contributed by atoms with E-state index in [1.54, 1.807) is 0 Å². The first kappa shape index (κ1) is 14.3. The fraction of sp³-hybridized carbons (Fsp3) is 0.727. The van der Waals surface area contributed by atoms with E-state index in [0.717, 1.165) is 12.8 Å². The quantitative estimate of drug-likeness (QED) is 0.644. The summed E-state index contributed by atoms with van der Waals surface area (Å²) in [4.78, 5) is 35.3. The molecule has 7 nitrogen and oxygen atoms in total. The van der Waals surface area contributed by atoms with E-state index in [2.05, 4.69) is 5.32 Å². The number of carbonyl (C=O) groups is 3. The Balaban J connectivity index is 2.78. The number of amides is 3.